The number of carbonyl (C=O) groups excluding carboxylic acids is 1. The number of nitrogens with one attached hydrogen (secondary N) is 1. The van der Waals surface area contributed by atoms with Crippen molar-refractivity contribution in [3.05, 3.63) is 77.1 Å². The molecule has 2 unspecified atom stereocenters. The summed E-state index contributed by atoms with van der Waals surface area (Å²) in [6.45, 7) is 8.08. The molecule has 0 radical (unpaired) electrons. The van der Waals surface area contributed by atoms with Crippen LogP contribution in [-0.2, 0) is 5.41 Å². The molecular weight excluding hydrogens is 458 g/mol. The Morgan fingerprint density at radius 3 is 2.57 bits per heavy atom. The van der Waals surface area contributed by atoms with E-state index in [1.54, 1.807) is 0 Å². The molecule has 4 aromatic rings. The van der Waals surface area contributed by atoms with Gasteiger partial charge in [0, 0.05) is 40.1 Å². The van der Waals surface area contributed by atoms with Crippen molar-refractivity contribution in [3.63, 3.8) is 0 Å². The van der Waals surface area contributed by atoms with Gasteiger partial charge in [0.2, 0.25) is 0 Å². The van der Waals surface area contributed by atoms with Crippen LogP contribution in [0.25, 0.3) is 22.2 Å². The van der Waals surface area contributed by atoms with Gasteiger partial charge in [0.15, 0.2) is 0 Å². The molecule has 2 aromatic carbocycles. The Morgan fingerprint density at radius 2 is 1.86 bits per heavy atom. The lowest BCUT2D eigenvalue weighted by Gasteiger charge is -2.36. The molecule has 1 N–H and O–H groups in total. The number of rotatable bonds is 2. The van der Waals surface area contributed by atoms with E-state index in [4.69, 9.17) is 15.0 Å². The summed E-state index contributed by atoms with van der Waals surface area (Å²) in [6, 6.07) is 12.0. The van der Waals surface area contributed by atoms with Crippen molar-refractivity contribution in [1.29, 1.82) is 0 Å². The Hall–Kier alpha value is -3.98. The summed E-state index contributed by atoms with van der Waals surface area (Å²) < 4.78 is 2.30. The van der Waals surface area contributed by atoms with Crippen LogP contribution in [0.3, 0.4) is 0 Å². The zero-order valence-electron chi connectivity index (χ0n) is 21.8. The molecule has 7 rings (SSSR count). The first-order valence-corrected chi connectivity index (χ1v) is 13.3. The molecule has 1 amide bonds. The number of imidazole rings is 1. The Balaban J connectivity index is 0.00000123. The van der Waals surface area contributed by atoms with Crippen LogP contribution >= 0.6 is 0 Å². The van der Waals surface area contributed by atoms with Gasteiger partial charge in [-0.25, -0.2) is 15.0 Å². The number of nitrogens with zero attached hydrogens (tertiary/aromatic N) is 4. The molecule has 2 bridgehead atoms. The average Bonchev–Trinajstić information content (AvgIpc) is 3.41. The first kappa shape index (κ1) is 23.4. The van der Waals surface area contributed by atoms with Gasteiger partial charge in [0.05, 0.1) is 23.1 Å². The van der Waals surface area contributed by atoms with Crippen molar-refractivity contribution in [2.75, 3.05) is 0 Å². The topological polar surface area (TPSA) is 72.7 Å². The van der Waals surface area contributed by atoms with Gasteiger partial charge in [-0.3, -0.25) is 4.79 Å². The van der Waals surface area contributed by atoms with E-state index in [2.05, 4.69) is 46.8 Å². The molecule has 6 heteroatoms. The summed E-state index contributed by atoms with van der Waals surface area (Å²) >= 11 is 0. The number of carbonyl (C=O) groups is 1. The zero-order chi connectivity index (χ0) is 25.7. The van der Waals surface area contributed by atoms with Gasteiger partial charge in [-0.1, -0.05) is 45.2 Å². The highest BCUT2D eigenvalue weighted by molar-refractivity contribution is 5.98. The van der Waals surface area contributed by atoms with Crippen molar-refractivity contribution >= 4 is 16.9 Å². The molecule has 1 fully saturated rings. The van der Waals surface area contributed by atoms with Gasteiger partial charge >= 0.3 is 0 Å². The quantitative estimate of drug-likeness (QED) is 0.345. The fourth-order valence-corrected chi connectivity index (χ4v) is 5.99. The summed E-state index contributed by atoms with van der Waals surface area (Å²) in [4.78, 5) is 27.4. The predicted molar refractivity (Wildman–Crippen MR) is 145 cm³/mol. The van der Waals surface area contributed by atoms with Crippen molar-refractivity contribution in [2.24, 2.45) is 0 Å². The normalized spacial score (nSPS) is 20.3. The maximum atomic E-state index is 13.0. The van der Waals surface area contributed by atoms with Crippen LogP contribution in [0.5, 0.6) is 0 Å². The van der Waals surface area contributed by atoms with Gasteiger partial charge in [0.1, 0.15) is 11.6 Å². The summed E-state index contributed by atoms with van der Waals surface area (Å²) in [5, 5.41) is 3.20. The maximum Gasteiger partial charge on any atom is 0.252 e. The van der Waals surface area contributed by atoms with E-state index in [0.29, 0.717) is 5.56 Å². The Kier molecular flexibility index (Phi) is 5.60. The van der Waals surface area contributed by atoms with E-state index in [1.807, 2.05) is 51.4 Å². The number of hydrogen-bond donors (Lipinski definition) is 1. The van der Waals surface area contributed by atoms with Gasteiger partial charge < -0.3 is 9.88 Å². The Bertz CT molecular complexity index is 1580. The minimum absolute atomic E-state index is 0.00144. The van der Waals surface area contributed by atoms with E-state index >= 15 is 0 Å². The largest absolute Gasteiger partial charge is 0.342 e. The van der Waals surface area contributed by atoms with Gasteiger partial charge in [-0.15, -0.1) is 5.92 Å². The summed E-state index contributed by atoms with van der Waals surface area (Å²) in [7, 11) is 0. The molecule has 4 heterocycles. The van der Waals surface area contributed by atoms with Crippen LogP contribution in [-0.4, -0.2) is 25.4 Å². The third-order valence-corrected chi connectivity index (χ3v) is 8.03. The number of fused-ring (bicyclic) bond motifs is 9. The van der Waals surface area contributed by atoms with E-state index in [0.717, 1.165) is 64.2 Å². The predicted octanol–water partition coefficient (Wildman–Crippen LogP) is 6.11. The van der Waals surface area contributed by atoms with Crippen molar-refractivity contribution in [3.8, 4) is 23.0 Å². The maximum absolute atomic E-state index is 13.0. The third kappa shape index (κ3) is 3.56. The van der Waals surface area contributed by atoms with Gasteiger partial charge in [0.25, 0.3) is 5.91 Å². The van der Waals surface area contributed by atoms with Gasteiger partial charge in [-0.05, 0) is 56.0 Å². The van der Waals surface area contributed by atoms with Crippen molar-refractivity contribution in [1.82, 2.24) is 24.8 Å². The minimum atomic E-state index is -0.121. The molecule has 3 aliphatic rings. The Labute approximate surface area is 217 Å². The summed E-state index contributed by atoms with van der Waals surface area (Å²) in [6.07, 6.45) is 8.24. The smallest absolute Gasteiger partial charge is 0.252 e. The van der Waals surface area contributed by atoms with Crippen LogP contribution in [0.15, 0.2) is 48.8 Å². The fraction of sp³-hybridized carbons (Fsp3) is 0.355. The molecule has 1 saturated carbocycles. The number of amides is 1. The zero-order valence-corrected chi connectivity index (χ0v) is 21.8. The van der Waals surface area contributed by atoms with Crippen LogP contribution < -0.4 is 5.32 Å². The first-order valence-electron chi connectivity index (χ1n) is 13.3. The second kappa shape index (κ2) is 8.85. The fourth-order valence-electron chi connectivity index (χ4n) is 5.99. The highest BCUT2D eigenvalue weighted by Crippen LogP contribution is 2.46. The highest BCUT2D eigenvalue weighted by Gasteiger charge is 2.41. The molecule has 2 aliphatic heterocycles. The Morgan fingerprint density at radius 1 is 1.08 bits per heavy atom. The second-order valence-corrected chi connectivity index (χ2v) is 10.2. The van der Waals surface area contributed by atoms with E-state index in [9.17, 15) is 4.79 Å². The summed E-state index contributed by atoms with van der Waals surface area (Å²) in [5.74, 6) is 8.04. The van der Waals surface area contributed by atoms with Crippen molar-refractivity contribution in [2.45, 2.75) is 70.9 Å². The highest BCUT2D eigenvalue weighted by atomic mass is 16.1. The van der Waals surface area contributed by atoms with Gasteiger partial charge in [-0.2, -0.15) is 0 Å². The lowest BCUT2D eigenvalue weighted by molar-refractivity contribution is 0.0938. The molecule has 2 aromatic heterocycles. The van der Waals surface area contributed by atoms with Crippen LogP contribution in [0.1, 0.15) is 98.6 Å². The number of hydrogen-bond acceptors (Lipinski definition) is 4. The molecule has 0 spiro atoms. The van der Waals surface area contributed by atoms with E-state index in [-0.39, 0.29) is 23.4 Å². The molecular formula is C31H31N5O. The molecule has 0 saturated heterocycles. The lowest BCUT2D eigenvalue weighted by Crippen LogP contribution is -2.32. The second-order valence-electron chi connectivity index (χ2n) is 10.2. The van der Waals surface area contributed by atoms with Crippen LogP contribution in [0.2, 0.25) is 0 Å². The standard InChI is InChI=1S/C29H25N5O.C2H6/c1-3-6-17-7-4-8-20-25(17)24-14-22(33-27(20)35)26-32-21-10-9-18(13-23(21)34(24)26)19-15-30-28(31-16-19)29(2)11-5-12-29;1-2/h4,7-10,13,15-16,22,24H,5,11-12,14H2,1-2H3,(H,33,35);1-2H3. The van der Waals surface area contributed by atoms with E-state index < -0.39 is 0 Å². The van der Waals surface area contributed by atoms with Crippen LogP contribution in [0, 0.1) is 11.8 Å². The molecule has 6 nitrogen and oxygen atoms in total. The average molecular weight is 490 g/mol. The van der Waals surface area contributed by atoms with Crippen LogP contribution in [0.4, 0.5) is 0 Å². The molecule has 186 valence electrons. The van der Waals surface area contributed by atoms with E-state index in [1.165, 1.54) is 6.42 Å². The first-order chi connectivity index (χ1) is 18.1. The molecule has 37 heavy (non-hydrogen) atoms. The monoisotopic (exact) mass is 489 g/mol. The molecule has 2 atom stereocenters. The summed E-state index contributed by atoms with van der Waals surface area (Å²) in [5.41, 5.74) is 6.78. The minimum Gasteiger partial charge on any atom is -0.342 e. The third-order valence-electron chi connectivity index (χ3n) is 8.03. The van der Waals surface area contributed by atoms with Crippen molar-refractivity contribution < 1.29 is 4.79 Å². The number of aromatic nitrogens is 4. The molecule has 1 aliphatic carbocycles. The SMILES string of the molecule is CC.CC#Cc1cccc2c1C1CC(NC2=O)c2nc3ccc(-c4cnc(C5(C)CCC5)nc4)cc3n21. The lowest BCUT2D eigenvalue weighted by atomic mass is 9.70. The number of benzene rings is 2.